The van der Waals surface area contributed by atoms with Crippen molar-refractivity contribution in [3.63, 3.8) is 0 Å². The summed E-state index contributed by atoms with van der Waals surface area (Å²) < 4.78 is 2.22. The third-order valence-electron chi connectivity index (χ3n) is 3.80. The van der Waals surface area contributed by atoms with Crippen molar-refractivity contribution < 1.29 is 0 Å². The van der Waals surface area contributed by atoms with Crippen molar-refractivity contribution in [2.75, 3.05) is 18.5 Å². The van der Waals surface area contributed by atoms with Gasteiger partial charge in [0.05, 0.1) is 5.69 Å². The molecule has 5 heteroatoms. The number of rotatable bonds is 4. The molecule has 0 aromatic carbocycles. The average Bonchev–Trinajstić information content (AvgIpc) is 3.04. The molecule has 1 fully saturated rings. The molecule has 0 radical (unpaired) electrons. The maximum absolute atomic E-state index is 4.84. The van der Waals surface area contributed by atoms with Crippen LogP contribution in [-0.4, -0.2) is 29.0 Å². The van der Waals surface area contributed by atoms with E-state index >= 15 is 0 Å². The first-order chi connectivity index (χ1) is 8.85. The summed E-state index contributed by atoms with van der Waals surface area (Å²) in [7, 11) is 2.00. The fourth-order valence-corrected chi connectivity index (χ4v) is 3.65. The van der Waals surface area contributed by atoms with E-state index in [1.807, 2.05) is 7.05 Å². The summed E-state index contributed by atoms with van der Waals surface area (Å²) in [5.41, 5.74) is 1.30. The highest BCUT2D eigenvalue weighted by atomic mass is 32.1. The second-order valence-corrected chi connectivity index (χ2v) is 5.74. The Labute approximate surface area is 112 Å². The Balaban J connectivity index is 2.04. The van der Waals surface area contributed by atoms with Gasteiger partial charge in [-0.1, -0.05) is 6.92 Å². The molecular formula is C13H20N4S. The van der Waals surface area contributed by atoms with Crippen LogP contribution in [0.1, 0.15) is 31.9 Å². The Bertz CT molecular complexity index is 530. The molecule has 0 spiro atoms. The van der Waals surface area contributed by atoms with Gasteiger partial charge in [0.25, 0.3) is 0 Å². The third kappa shape index (κ3) is 1.82. The molecule has 1 N–H and O–H groups in total. The van der Waals surface area contributed by atoms with E-state index in [0.717, 1.165) is 18.1 Å². The second-order valence-electron chi connectivity index (χ2n) is 4.87. The number of aromatic nitrogens is 2. The molecule has 0 amide bonds. The van der Waals surface area contributed by atoms with Gasteiger partial charge < -0.3 is 10.2 Å². The van der Waals surface area contributed by atoms with E-state index < -0.39 is 0 Å². The first-order valence-electron chi connectivity index (χ1n) is 6.70. The fraction of sp³-hybridized carbons (Fsp3) is 0.615. The standard InChI is InChI=1S/C13H20N4S/c1-3-10-5-4-6-16(10)12-11(9-14-2)17-7-8-18-13(17)15-12/h7-8,10,14H,3-6,9H2,1-2H3. The Morgan fingerprint density at radius 1 is 1.56 bits per heavy atom. The summed E-state index contributed by atoms with van der Waals surface area (Å²) in [6.45, 7) is 4.30. The van der Waals surface area contributed by atoms with Crippen LogP contribution in [0.5, 0.6) is 0 Å². The number of nitrogens with zero attached hydrogens (tertiary/aromatic N) is 3. The van der Waals surface area contributed by atoms with Gasteiger partial charge in [-0.05, 0) is 26.3 Å². The molecule has 1 aliphatic heterocycles. The molecule has 2 aromatic rings. The Hall–Kier alpha value is -1.07. The molecule has 0 bridgehead atoms. The van der Waals surface area contributed by atoms with E-state index in [1.165, 1.54) is 30.8 Å². The van der Waals surface area contributed by atoms with Gasteiger partial charge >= 0.3 is 0 Å². The van der Waals surface area contributed by atoms with Crippen LogP contribution >= 0.6 is 11.3 Å². The van der Waals surface area contributed by atoms with Crippen molar-refractivity contribution in [2.24, 2.45) is 0 Å². The van der Waals surface area contributed by atoms with Crippen LogP contribution in [0, 0.1) is 0 Å². The minimum atomic E-state index is 0.671. The van der Waals surface area contributed by atoms with Crippen LogP contribution in [0.25, 0.3) is 4.96 Å². The number of hydrogen-bond acceptors (Lipinski definition) is 4. The molecule has 3 heterocycles. The number of thiazole rings is 1. The predicted molar refractivity (Wildman–Crippen MR) is 76.5 cm³/mol. The lowest BCUT2D eigenvalue weighted by molar-refractivity contribution is 0.637. The molecular weight excluding hydrogens is 244 g/mol. The van der Waals surface area contributed by atoms with Gasteiger partial charge in [0, 0.05) is 30.7 Å². The van der Waals surface area contributed by atoms with Crippen molar-refractivity contribution in [2.45, 2.75) is 38.8 Å². The molecule has 1 unspecified atom stereocenters. The maximum atomic E-state index is 4.84. The fourth-order valence-electron chi connectivity index (χ4n) is 2.92. The molecule has 1 saturated heterocycles. The summed E-state index contributed by atoms with van der Waals surface area (Å²) in [5.74, 6) is 1.19. The van der Waals surface area contributed by atoms with E-state index in [2.05, 4.69) is 33.1 Å². The summed E-state index contributed by atoms with van der Waals surface area (Å²) in [4.78, 5) is 8.45. The lowest BCUT2D eigenvalue weighted by Crippen LogP contribution is -2.30. The Morgan fingerprint density at radius 3 is 3.22 bits per heavy atom. The van der Waals surface area contributed by atoms with Gasteiger partial charge in [-0.15, -0.1) is 11.3 Å². The van der Waals surface area contributed by atoms with Crippen molar-refractivity contribution in [3.05, 3.63) is 17.3 Å². The smallest absolute Gasteiger partial charge is 0.195 e. The first kappa shape index (κ1) is 12.0. The summed E-state index contributed by atoms with van der Waals surface area (Å²) >= 11 is 1.71. The van der Waals surface area contributed by atoms with Crippen LogP contribution in [0.4, 0.5) is 5.82 Å². The van der Waals surface area contributed by atoms with Crippen LogP contribution in [0.15, 0.2) is 11.6 Å². The van der Waals surface area contributed by atoms with Gasteiger partial charge in [-0.3, -0.25) is 4.40 Å². The molecule has 1 atom stereocenters. The molecule has 98 valence electrons. The van der Waals surface area contributed by atoms with Gasteiger partial charge in [0.1, 0.15) is 0 Å². The zero-order chi connectivity index (χ0) is 12.5. The molecule has 18 heavy (non-hydrogen) atoms. The summed E-state index contributed by atoms with van der Waals surface area (Å²) in [6.07, 6.45) is 5.94. The quantitative estimate of drug-likeness (QED) is 0.921. The predicted octanol–water partition coefficient (Wildman–Crippen LogP) is 2.49. The van der Waals surface area contributed by atoms with Crippen LogP contribution in [0.3, 0.4) is 0 Å². The van der Waals surface area contributed by atoms with E-state index in [1.54, 1.807) is 11.3 Å². The van der Waals surface area contributed by atoms with Crippen molar-refractivity contribution in [1.29, 1.82) is 0 Å². The maximum Gasteiger partial charge on any atom is 0.195 e. The SMILES string of the molecule is CCC1CCCN1c1nc2sccn2c1CNC. The van der Waals surface area contributed by atoms with Crippen molar-refractivity contribution in [1.82, 2.24) is 14.7 Å². The molecule has 1 aliphatic rings. The zero-order valence-corrected chi connectivity index (χ0v) is 11.8. The molecule has 0 saturated carbocycles. The van der Waals surface area contributed by atoms with Crippen molar-refractivity contribution >= 4 is 22.1 Å². The largest absolute Gasteiger partial charge is 0.352 e. The molecule has 2 aromatic heterocycles. The number of anilines is 1. The Kier molecular flexibility index (Phi) is 3.26. The summed E-state index contributed by atoms with van der Waals surface area (Å²) in [6, 6.07) is 0.671. The van der Waals surface area contributed by atoms with Gasteiger partial charge in [0.15, 0.2) is 10.8 Å². The minimum absolute atomic E-state index is 0.671. The second kappa shape index (κ2) is 4.90. The number of imidazole rings is 1. The van der Waals surface area contributed by atoms with Crippen LogP contribution in [0.2, 0.25) is 0 Å². The first-order valence-corrected chi connectivity index (χ1v) is 7.58. The van der Waals surface area contributed by atoms with Crippen LogP contribution in [-0.2, 0) is 6.54 Å². The summed E-state index contributed by atoms with van der Waals surface area (Å²) in [5, 5.41) is 5.37. The highest BCUT2D eigenvalue weighted by molar-refractivity contribution is 7.15. The molecule has 0 aliphatic carbocycles. The number of fused-ring (bicyclic) bond motifs is 1. The topological polar surface area (TPSA) is 32.6 Å². The van der Waals surface area contributed by atoms with Gasteiger partial charge in [-0.2, -0.15) is 0 Å². The normalized spacial score (nSPS) is 20.1. The number of hydrogen-bond donors (Lipinski definition) is 1. The number of nitrogens with one attached hydrogen (secondary N) is 1. The van der Waals surface area contributed by atoms with E-state index in [0.29, 0.717) is 6.04 Å². The lowest BCUT2D eigenvalue weighted by Gasteiger charge is -2.24. The monoisotopic (exact) mass is 264 g/mol. The van der Waals surface area contributed by atoms with E-state index in [-0.39, 0.29) is 0 Å². The zero-order valence-electron chi connectivity index (χ0n) is 11.0. The molecule has 4 nitrogen and oxygen atoms in total. The van der Waals surface area contributed by atoms with Crippen molar-refractivity contribution in [3.8, 4) is 0 Å². The van der Waals surface area contributed by atoms with Gasteiger partial charge in [0.2, 0.25) is 0 Å². The highest BCUT2D eigenvalue weighted by Gasteiger charge is 2.28. The minimum Gasteiger partial charge on any atom is -0.352 e. The van der Waals surface area contributed by atoms with E-state index in [9.17, 15) is 0 Å². The van der Waals surface area contributed by atoms with E-state index in [4.69, 9.17) is 4.98 Å². The van der Waals surface area contributed by atoms with Gasteiger partial charge in [-0.25, -0.2) is 4.98 Å². The Morgan fingerprint density at radius 2 is 2.44 bits per heavy atom. The lowest BCUT2D eigenvalue weighted by atomic mass is 10.2. The molecule has 3 rings (SSSR count). The highest BCUT2D eigenvalue weighted by Crippen LogP contribution is 2.31. The van der Waals surface area contributed by atoms with Crippen LogP contribution < -0.4 is 10.2 Å². The third-order valence-corrected chi connectivity index (χ3v) is 4.56. The average molecular weight is 264 g/mol.